The van der Waals surface area contributed by atoms with Crippen molar-refractivity contribution >= 4 is 34.5 Å². The van der Waals surface area contributed by atoms with E-state index in [2.05, 4.69) is 16.3 Å². The summed E-state index contributed by atoms with van der Waals surface area (Å²) in [7, 11) is 0. The summed E-state index contributed by atoms with van der Waals surface area (Å²) in [4.78, 5) is 29.5. The third kappa shape index (κ3) is 5.20. The average Bonchev–Trinajstić information content (AvgIpc) is 3.25. The molecule has 8 heteroatoms. The molecular weight excluding hydrogens is 440 g/mol. The predicted molar refractivity (Wildman–Crippen MR) is 126 cm³/mol. The Hall–Kier alpha value is -4.15. The summed E-state index contributed by atoms with van der Waals surface area (Å²) < 4.78 is 6.94. The van der Waals surface area contributed by atoms with Gasteiger partial charge in [-0.15, -0.1) is 6.42 Å². The molecular formula is C25H19ClN4O3. The number of terminal acetylenes is 1. The maximum Gasteiger partial charge on any atom is 0.339 e. The number of nitrogens with zero attached hydrogens (tertiary/aromatic N) is 3. The van der Waals surface area contributed by atoms with E-state index in [1.165, 1.54) is 0 Å². The lowest BCUT2D eigenvalue weighted by Crippen LogP contribution is -2.29. The largest absolute Gasteiger partial charge is 0.452 e. The van der Waals surface area contributed by atoms with Gasteiger partial charge < -0.3 is 10.1 Å². The van der Waals surface area contributed by atoms with Crippen LogP contribution in [0.3, 0.4) is 0 Å². The summed E-state index contributed by atoms with van der Waals surface area (Å²) in [5.41, 5.74) is 3.19. The van der Waals surface area contributed by atoms with E-state index in [0.717, 1.165) is 11.1 Å². The molecule has 0 aliphatic carbocycles. The van der Waals surface area contributed by atoms with Gasteiger partial charge in [0.2, 0.25) is 0 Å². The fourth-order valence-corrected chi connectivity index (χ4v) is 3.39. The molecule has 4 aromatic rings. The molecule has 0 unspecified atom stereocenters. The van der Waals surface area contributed by atoms with Gasteiger partial charge in [0.25, 0.3) is 5.91 Å². The summed E-state index contributed by atoms with van der Waals surface area (Å²) in [6, 6.07) is 18.5. The van der Waals surface area contributed by atoms with E-state index in [-0.39, 0.29) is 12.1 Å². The van der Waals surface area contributed by atoms with Crippen LogP contribution in [0.25, 0.3) is 22.3 Å². The van der Waals surface area contributed by atoms with Crippen molar-refractivity contribution in [3.63, 3.8) is 0 Å². The molecule has 0 radical (unpaired) electrons. The number of carbonyl (C=O) groups excluding carboxylic acids is 2. The number of hydrogen-bond donors (Lipinski definition) is 1. The lowest BCUT2D eigenvalue weighted by atomic mass is 10.1. The number of carbonyl (C=O) groups is 2. The van der Waals surface area contributed by atoms with Crippen LogP contribution < -0.4 is 5.32 Å². The Kier molecular flexibility index (Phi) is 6.67. The van der Waals surface area contributed by atoms with E-state index in [1.54, 1.807) is 29.1 Å². The Labute approximate surface area is 195 Å². The minimum absolute atomic E-state index is 0.0610. The molecule has 2 aromatic heterocycles. The fourth-order valence-electron chi connectivity index (χ4n) is 3.26. The number of pyridine rings is 1. The van der Waals surface area contributed by atoms with Crippen LogP contribution in [-0.4, -0.2) is 39.8 Å². The normalized spacial score (nSPS) is 10.5. The van der Waals surface area contributed by atoms with Gasteiger partial charge in [-0.2, -0.15) is 5.10 Å². The van der Waals surface area contributed by atoms with Crippen LogP contribution in [0.5, 0.6) is 0 Å². The molecule has 4 rings (SSSR count). The highest BCUT2D eigenvalue weighted by molar-refractivity contribution is 6.30. The van der Waals surface area contributed by atoms with Crippen LogP contribution in [0.4, 0.5) is 0 Å². The minimum Gasteiger partial charge on any atom is -0.452 e. The SMILES string of the molecule is C#CCNC(=O)COC(=O)c1cc(-c2ccccc2)nc2c1cnn2Cc1ccc(Cl)cc1. The van der Waals surface area contributed by atoms with Crippen LogP contribution in [-0.2, 0) is 16.1 Å². The Balaban J connectivity index is 1.71. The fraction of sp³-hybridized carbons (Fsp3) is 0.120. The topological polar surface area (TPSA) is 86.1 Å². The number of aromatic nitrogens is 3. The zero-order valence-electron chi connectivity index (χ0n) is 17.5. The first-order valence-electron chi connectivity index (χ1n) is 10.1. The molecule has 0 saturated carbocycles. The highest BCUT2D eigenvalue weighted by Crippen LogP contribution is 2.26. The van der Waals surface area contributed by atoms with E-state index in [0.29, 0.717) is 28.3 Å². The van der Waals surface area contributed by atoms with E-state index in [9.17, 15) is 9.59 Å². The number of nitrogens with one attached hydrogen (secondary N) is 1. The number of esters is 1. The van der Waals surface area contributed by atoms with Gasteiger partial charge >= 0.3 is 5.97 Å². The molecule has 0 fully saturated rings. The second-order valence-corrected chi connectivity index (χ2v) is 7.58. The van der Waals surface area contributed by atoms with Gasteiger partial charge in [-0.1, -0.05) is 60.0 Å². The van der Waals surface area contributed by atoms with Gasteiger partial charge in [-0.3, -0.25) is 4.79 Å². The van der Waals surface area contributed by atoms with Crippen molar-refractivity contribution in [1.29, 1.82) is 0 Å². The Bertz CT molecular complexity index is 1340. The third-order valence-electron chi connectivity index (χ3n) is 4.87. The summed E-state index contributed by atoms with van der Waals surface area (Å²) in [6.45, 7) is 0.0598. The van der Waals surface area contributed by atoms with Crippen molar-refractivity contribution in [1.82, 2.24) is 20.1 Å². The van der Waals surface area contributed by atoms with Crippen molar-refractivity contribution in [2.75, 3.05) is 13.2 Å². The lowest BCUT2D eigenvalue weighted by Gasteiger charge is -2.10. The van der Waals surface area contributed by atoms with Crippen molar-refractivity contribution in [2.45, 2.75) is 6.54 Å². The molecule has 0 bridgehead atoms. The standard InChI is InChI=1S/C25H19ClN4O3/c1-2-12-27-23(31)16-33-25(32)20-13-22(18-6-4-3-5-7-18)29-24-21(20)14-28-30(24)15-17-8-10-19(26)11-9-17/h1,3-11,13-14H,12,15-16H2,(H,27,31). The van der Waals surface area contributed by atoms with Gasteiger partial charge in [0.05, 0.1) is 35.9 Å². The maximum absolute atomic E-state index is 12.9. The molecule has 2 aromatic carbocycles. The van der Waals surface area contributed by atoms with Crippen LogP contribution in [0.1, 0.15) is 15.9 Å². The molecule has 0 aliphatic heterocycles. The molecule has 0 atom stereocenters. The number of halogens is 1. The molecule has 1 amide bonds. The highest BCUT2D eigenvalue weighted by atomic mass is 35.5. The van der Waals surface area contributed by atoms with Crippen molar-refractivity contribution in [3.8, 4) is 23.6 Å². The van der Waals surface area contributed by atoms with Gasteiger partial charge in [-0.05, 0) is 23.8 Å². The molecule has 0 aliphatic rings. The van der Waals surface area contributed by atoms with Crippen molar-refractivity contribution in [2.24, 2.45) is 0 Å². The second-order valence-electron chi connectivity index (χ2n) is 7.14. The van der Waals surface area contributed by atoms with Crippen LogP contribution >= 0.6 is 11.6 Å². The van der Waals surface area contributed by atoms with Gasteiger partial charge in [0, 0.05) is 10.6 Å². The van der Waals surface area contributed by atoms with Gasteiger partial charge in [0.1, 0.15) is 0 Å². The zero-order chi connectivity index (χ0) is 23.2. The number of ether oxygens (including phenoxy) is 1. The summed E-state index contributed by atoms with van der Waals surface area (Å²) in [5, 5.41) is 8.07. The average molecular weight is 459 g/mol. The predicted octanol–water partition coefficient (Wildman–Crippen LogP) is 3.71. The third-order valence-corrected chi connectivity index (χ3v) is 5.12. The molecule has 0 saturated heterocycles. The smallest absolute Gasteiger partial charge is 0.339 e. The molecule has 164 valence electrons. The molecule has 33 heavy (non-hydrogen) atoms. The van der Waals surface area contributed by atoms with Crippen molar-refractivity contribution < 1.29 is 14.3 Å². The number of fused-ring (bicyclic) bond motifs is 1. The quantitative estimate of drug-likeness (QED) is 0.337. The summed E-state index contributed by atoms with van der Waals surface area (Å²) in [6.07, 6.45) is 6.70. The van der Waals surface area contributed by atoms with E-state index < -0.39 is 18.5 Å². The molecule has 2 heterocycles. The first-order chi connectivity index (χ1) is 16.0. The number of hydrogen-bond acceptors (Lipinski definition) is 5. The molecule has 0 spiro atoms. The van der Waals surface area contributed by atoms with Crippen LogP contribution in [0, 0.1) is 12.3 Å². The number of amides is 1. The lowest BCUT2D eigenvalue weighted by molar-refractivity contribution is -0.123. The Morgan fingerprint density at radius 2 is 1.88 bits per heavy atom. The second kappa shape index (κ2) is 9.98. The maximum atomic E-state index is 12.9. The van der Waals surface area contributed by atoms with Gasteiger partial charge in [0.15, 0.2) is 12.3 Å². The van der Waals surface area contributed by atoms with E-state index in [1.807, 2.05) is 42.5 Å². The van der Waals surface area contributed by atoms with E-state index in [4.69, 9.17) is 27.7 Å². The van der Waals surface area contributed by atoms with Crippen molar-refractivity contribution in [3.05, 3.63) is 83.0 Å². The van der Waals surface area contributed by atoms with Crippen LogP contribution in [0.15, 0.2) is 66.9 Å². The van der Waals surface area contributed by atoms with Gasteiger partial charge in [-0.25, -0.2) is 14.5 Å². The first-order valence-corrected chi connectivity index (χ1v) is 10.5. The van der Waals surface area contributed by atoms with Crippen LogP contribution in [0.2, 0.25) is 5.02 Å². The Morgan fingerprint density at radius 3 is 2.61 bits per heavy atom. The summed E-state index contributed by atoms with van der Waals surface area (Å²) in [5.74, 6) is 1.16. The zero-order valence-corrected chi connectivity index (χ0v) is 18.2. The molecule has 1 N–H and O–H groups in total. The number of rotatable bonds is 7. The number of benzene rings is 2. The highest BCUT2D eigenvalue weighted by Gasteiger charge is 2.19. The minimum atomic E-state index is -0.651. The van der Waals surface area contributed by atoms with E-state index >= 15 is 0 Å². The first kappa shape index (κ1) is 22.1. The summed E-state index contributed by atoms with van der Waals surface area (Å²) >= 11 is 5.99. The monoisotopic (exact) mass is 458 g/mol. The Morgan fingerprint density at radius 1 is 1.12 bits per heavy atom. The molecule has 7 nitrogen and oxygen atoms in total.